The monoisotopic (exact) mass is 411 g/mol. The highest BCUT2D eigenvalue weighted by molar-refractivity contribution is 5.98. The third kappa shape index (κ3) is 4.14. The Morgan fingerprint density at radius 1 is 1.20 bits per heavy atom. The van der Waals surface area contributed by atoms with Crippen LogP contribution in [-0.2, 0) is 14.3 Å². The van der Waals surface area contributed by atoms with Crippen molar-refractivity contribution >= 4 is 17.6 Å². The molecule has 0 N–H and O–H groups in total. The number of esters is 1. The van der Waals surface area contributed by atoms with Crippen LogP contribution in [0.1, 0.15) is 25.3 Å². The molecule has 0 radical (unpaired) electrons. The van der Waals surface area contributed by atoms with Crippen molar-refractivity contribution in [3.8, 4) is 17.2 Å². The first kappa shape index (κ1) is 19.6. The fourth-order valence-electron chi connectivity index (χ4n) is 3.02. The molecule has 1 amide bonds. The van der Waals surface area contributed by atoms with Crippen molar-refractivity contribution in [1.82, 2.24) is 10.2 Å². The number of carbonyl (C=O) groups excluding carboxylic acids is 2. The van der Waals surface area contributed by atoms with E-state index in [1.165, 1.54) is 29.2 Å². The Balaban J connectivity index is 1.36. The summed E-state index contributed by atoms with van der Waals surface area (Å²) in [6.45, 7) is 1.70. The van der Waals surface area contributed by atoms with E-state index in [1.807, 2.05) is 6.07 Å². The lowest BCUT2D eigenvalue weighted by Gasteiger charge is -2.29. The summed E-state index contributed by atoms with van der Waals surface area (Å²) in [5.74, 6) is -0.199. The normalized spacial score (nSPS) is 14.1. The van der Waals surface area contributed by atoms with Gasteiger partial charge in [0.05, 0.1) is 12.1 Å². The molecule has 2 heterocycles. The summed E-state index contributed by atoms with van der Waals surface area (Å²) in [7, 11) is 0. The minimum absolute atomic E-state index is 0.0105. The Morgan fingerprint density at radius 2 is 1.97 bits per heavy atom. The summed E-state index contributed by atoms with van der Waals surface area (Å²) >= 11 is 0. The number of benzene rings is 2. The van der Waals surface area contributed by atoms with Crippen LogP contribution in [-0.4, -0.2) is 35.2 Å². The lowest BCUT2D eigenvalue weighted by atomic mass is 10.2. The Labute approximate surface area is 171 Å². The minimum atomic E-state index is -0.771. The van der Waals surface area contributed by atoms with Gasteiger partial charge in [-0.2, -0.15) is 0 Å². The van der Waals surface area contributed by atoms with E-state index in [4.69, 9.17) is 13.9 Å². The van der Waals surface area contributed by atoms with Gasteiger partial charge in [0.1, 0.15) is 11.6 Å². The fourth-order valence-corrected chi connectivity index (χ4v) is 3.02. The standard InChI is InChI=1S/C21H18FN3O5/c1-13(20-23-24-21(30-20)14-6-8-15(22)9-7-14)29-19(27)10-11-25-16-4-2-3-5-17(16)28-12-18(25)26/h2-9,13H,10-12H2,1H3/t13-/m0/s1. The van der Waals surface area contributed by atoms with Crippen LogP contribution in [0.2, 0.25) is 0 Å². The quantitative estimate of drug-likeness (QED) is 0.575. The summed E-state index contributed by atoms with van der Waals surface area (Å²) in [5, 5.41) is 7.79. The molecule has 4 rings (SSSR count). The number of aromatic nitrogens is 2. The molecule has 0 fully saturated rings. The van der Waals surface area contributed by atoms with Crippen LogP contribution < -0.4 is 9.64 Å². The highest BCUT2D eigenvalue weighted by atomic mass is 19.1. The van der Waals surface area contributed by atoms with Crippen molar-refractivity contribution in [1.29, 1.82) is 0 Å². The average Bonchev–Trinajstić information content (AvgIpc) is 3.24. The Bertz CT molecular complexity index is 1070. The van der Waals surface area contributed by atoms with Crippen molar-refractivity contribution in [2.45, 2.75) is 19.4 Å². The molecule has 0 unspecified atom stereocenters. The summed E-state index contributed by atoms with van der Waals surface area (Å²) in [5.41, 5.74) is 1.17. The van der Waals surface area contributed by atoms with E-state index >= 15 is 0 Å². The summed E-state index contributed by atoms with van der Waals surface area (Å²) in [6, 6.07) is 12.7. The van der Waals surface area contributed by atoms with Gasteiger partial charge in [0.15, 0.2) is 12.7 Å². The summed E-state index contributed by atoms with van der Waals surface area (Å²) < 4.78 is 29.3. The first-order valence-corrected chi connectivity index (χ1v) is 9.32. The van der Waals surface area contributed by atoms with Crippen molar-refractivity contribution in [3.05, 3.63) is 60.2 Å². The van der Waals surface area contributed by atoms with Crippen LogP contribution in [0.3, 0.4) is 0 Å². The maximum absolute atomic E-state index is 13.0. The number of fused-ring (bicyclic) bond motifs is 1. The predicted molar refractivity (Wildman–Crippen MR) is 103 cm³/mol. The maximum atomic E-state index is 13.0. The Kier molecular flexibility index (Phi) is 5.42. The highest BCUT2D eigenvalue weighted by Gasteiger charge is 2.26. The molecular weight excluding hydrogens is 393 g/mol. The van der Waals surface area contributed by atoms with Gasteiger partial charge in [-0.25, -0.2) is 4.39 Å². The molecule has 1 aromatic heterocycles. The molecule has 0 spiro atoms. The van der Waals surface area contributed by atoms with Crippen molar-refractivity contribution in [3.63, 3.8) is 0 Å². The maximum Gasteiger partial charge on any atom is 0.308 e. The molecule has 3 aromatic rings. The van der Waals surface area contributed by atoms with E-state index in [-0.39, 0.29) is 43.1 Å². The van der Waals surface area contributed by atoms with Crippen LogP contribution >= 0.6 is 0 Å². The number of carbonyl (C=O) groups is 2. The topological polar surface area (TPSA) is 94.8 Å². The third-order valence-electron chi connectivity index (χ3n) is 4.54. The van der Waals surface area contributed by atoms with E-state index in [2.05, 4.69) is 10.2 Å². The van der Waals surface area contributed by atoms with E-state index in [1.54, 1.807) is 25.1 Å². The van der Waals surface area contributed by atoms with Crippen molar-refractivity contribution in [2.24, 2.45) is 0 Å². The van der Waals surface area contributed by atoms with Crippen LogP contribution in [0.4, 0.5) is 10.1 Å². The number of amides is 1. The molecule has 1 atom stereocenters. The second kappa shape index (κ2) is 8.32. The van der Waals surface area contributed by atoms with E-state index in [0.717, 1.165) is 0 Å². The zero-order chi connectivity index (χ0) is 21.1. The summed E-state index contributed by atoms with van der Waals surface area (Å²) in [6.07, 6.45) is -0.782. The number of hydrogen-bond donors (Lipinski definition) is 0. The number of para-hydroxylation sites is 2. The zero-order valence-corrected chi connectivity index (χ0v) is 16.1. The predicted octanol–water partition coefficient (Wildman–Crippen LogP) is 3.30. The van der Waals surface area contributed by atoms with Gasteiger partial charge in [-0.1, -0.05) is 12.1 Å². The number of halogens is 1. The van der Waals surface area contributed by atoms with Gasteiger partial charge < -0.3 is 18.8 Å². The molecule has 9 heteroatoms. The molecule has 1 aliphatic heterocycles. The van der Waals surface area contributed by atoms with Crippen molar-refractivity contribution in [2.75, 3.05) is 18.1 Å². The fraction of sp³-hybridized carbons (Fsp3) is 0.238. The molecule has 0 saturated heterocycles. The minimum Gasteiger partial charge on any atom is -0.482 e. The lowest BCUT2D eigenvalue weighted by molar-refractivity contribution is -0.149. The van der Waals surface area contributed by atoms with Gasteiger partial charge in [-0.3, -0.25) is 9.59 Å². The second-order valence-corrected chi connectivity index (χ2v) is 6.64. The van der Waals surface area contributed by atoms with Crippen LogP contribution in [0.5, 0.6) is 5.75 Å². The molecule has 30 heavy (non-hydrogen) atoms. The van der Waals surface area contributed by atoms with Gasteiger partial charge in [0.25, 0.3) is 11.8 Å². The van der Waals surface area contributed by atoms with Gasteiger partial charge in [-0.05, 0) is 43.3 Å². The number of hydrogen-bond acceptors (Lipinski definition) is 7. The van der Waals surface area contributed by atoms with Gasteiger partial charge in [0.2, 0.25) is 5.89 Å². The first-order valence-electron chi connectivity index (χ1n) is 9.32. The molecule has 8 nitrogen and oxygen atoms in total. The molecule has 0 aliphatic carbocycles. The number of ether oxygens (including phenoxy) is 2. The van der Waals surface area contributed by atoms with E-state index in [0.29, 0.717) is 17.0 Å². The lowest BCUT2D eigenvalue weighted by Crippen LogP contribution is -2.40. The smallest absolute Gasteiger partial charge is 0.308 e. The highest BCUT2D eigenvalue weighted by Crippen LogP contribution is 2.31. The molecule has 154 valence electrons. The Morgan fingerprint density at radius 3 is 2.77 bits per heavy atom. The molecule has 1 aliphatic rings. The van der Waals surface area contributed by atoms with Crippen LogP contribution in [0.25, 0.3) is 11.5 Å². The molecule has 0 bridgehead atoms. The molecular formula is C21H18FN3O5. The van der Waals surface area contributed by atoms with E-state index in [9.17, 15) is 14.0 Å². The number of rotatable bonds is 6. The molecule has 0 saturated carbocycles. The van der Waals surface area contributed by atoms with Gasteiger partial charge in [0, 0.05) is 12.1 Å². The van der Waals surface area contributed by atoms with Crippen molar-refractivity contribution < 1.29 is 27.9 Å². The third-order valence-corrected chi connectivity index (χ3v) is 4.54. The average molecular weight is 411 g/mol. The summed E-state index contributed by atoms with van der Waals surface area (Å²) in [4.78, 5) is 25.9. The van der Waals surface area contributed by atoms with Crippen LogP contribution in [0.15, 0.2) is 52.9 Å². The number of anilines is 1. The van der Waals surface area contributed by atoms with Gasteiger partial charge >= 0.3 is 5.97 Å². The SMILES string of the molecule is C[C@H](OC(=O)CCN1C(=O)COc2ccccc21)c1nnc(-c2ccc(F)cc2)o1. The largest absolute Gasteiger partial charge is 0.482 e. The molecule has 2 aromatic carbocycles. The number of nitrogens with zero attached hydrogens (tertiary/aromatic N) is 3. The Hall–Kier alpha value is -3.75. The van der Waals surface area contributed by atoms with E-state index < -0.39 is 12.1 Å². The second-order valence-electron chi connectivity index (χ2n) is 6.64. The van der Waals surface area contributed by atoms with Gasteiger partial charge in [-0.15, -0.1) is 10.2 Å². The van der Waals surface area contributed by atoms with Crippen LogP contribution in [0, 0.1) is 5.82 Å². The zero-order valence-electron chi connectivity index (χ0n) is 16.1. The first-order chi connectivity index (χ1) is 14.5.